The molecule has 0 atom stereocenters. The molecular formula is C11H11N5O4S. The zero-order valence-corrected chi connectivity index (χ0v) is 11.9. The molecule has 10 heteroatoms. The second-order valence-electron chi connectivity index (χ2n) is 3.86. The van der Waals surface area contributed by atoms with Crippen LogP contribution in [0.5, 0.6) is 0 Å². The summed E-state index contributed by atoms with van der Waals surface area (Å²) in [7, 11) is 2.70. The molecule has 0 saturated carbocycles. The lowest BCUT2D eigenvalue weighted by Gasteiger charge is -2.06. The lowest BCUT2D eigenvalue weighted by molar-refractivity contribution is -0.135. The van der Waals surface area contributed by atoms with Crippen molar-refractivity contribution in [2.45, 2.75) is 0 Å². The van der Waals surface area contributed by atoms with Gasteiger partial charge in [0.05, 0.1) is 18.3 Å². The third-order valence-corrected chi connectivity index (χ3v) is 3.58. The van der Waals surface area contributed by atoms with Crippen LogP contribution in [0.25, 0.3) is 0 Å². The first-order valence-electron chi connectivity index (χ1n) is 5.61. The Kier molecular flexibility index (Phi) is 4.08. The maximum absolute atomic E-state index is 11.9. The molecule has 21 heavy (non-hydrogen) atoms. The van der Waals surface area contributed by atoms with Crippen LogP contribution in [0.4, 0.5) is 5.82 Å². The van der Waals surface area contributed by atoms with E-state index in [4.69, 9.17) is 5.73 Å². The Labute approximate surface area is 123 Å². The third-order valence-electron chi connectivity index (χ3n) is 2.52. The molecular weight excluding hydrogens is 298 g/mol. The number of nitrogens with zero attached hydrogens (tertiary/aromatic N) is 3. The van der Waals surface area contributed by atoms with Gasteiger partial charge in [0, 0.05) is 13.1 Å². The van der Waals surface area contributed by atoms with Gasteiger partial charge in [0.1, 0.15) is 0 Å². The van der Waals surface area contributed by atoms with Gasteiger partial charge in [-0.3, -0.25) is 14.5 Å². The fraction of sp³-hybridized carbons (Fsp3) is 0.182. The highest BCUT2D eigenvalue weighted by Gasteiger charge is 2.31. The minimum Gasteiger partial charge on any atom is -0.466 e. The third kappa shape index (κ3) is 2.94. The summed E-state index contributed by atoms with van der Waals surface area (Å²) in [5.41, 5.74) is 5.20. The second-order valence-corrected chi connectivity index (χ2v) is 4.87. The monoisotopic (exact) mass is 309 g/mol. The molecule has 9 nitrogen and oxygen atoms in total. The number of hydrogen-bond donors (Lipinski definition) is 2. The zero-order chi connectivity index (χ0) is 15.6. The van der Waals surface area contributed by atoms with Crippen LogP contribution in [-0.2, 0) is 14.3 Å². The molecule has 0 bridgehead atoms. The lowest BCUT2D eigenvalue weighted by Crippen LogP contribution is -2.24. The summed E-state index contributed by atoms with van der Waals surface area (Å²) < 4.78 is 4.47. The van der Waals surface area contributed by atoms with Crippen molar-refractivity contribution in [1.29, 1.82) is 0 Å². The Morgan fingerprint density at radius 3 is 2.90 bits per heavy atom. The molecule has 2 rings (SSSR count). The Hall–Kier alpha value is -2.62. The van der Waals surface area contributed by atoms with E-state index in [1.165, 1.54) is 25.4 Å². The number of carbonyl (C=O) groups excluding carboxylic acids is 3. The average molecular weight is 309 g/mol. The van der Waals surface area contributed by atoms with Gasteiger partial charge in [-0.2, -0.15) is 0 Å². The van der Waals surface area contributed by atoms with Crippen molar-refractivity contribution >= 4 is 40.5 Å². The number of primary amides is 1. The second kappa shape index (κ2) is 5.79. The van der Waals surface area contributed by atoms with Crippen molar-refractivity contribution < 1.29 is 19.1 Å². The normalized spacial score (nSPS) is 18.6. The number of aliphatic imine (C=N–C) groups is 1. The summed E-state index contributed by atoms with van der Waals surface area (Å²) in [6.07, 6.45) is 2.34. The van der Waals surface area contributed by atoms with Gasteiger partial charge in [-0.05, 0) is 11.8 Å². The number of amides is 2. The molecule has 0 radical (unpaired) electrons. The van der Waals surface area contributed by atoms with Crippen molar-refractivity contribution in [2.24, 2.45) is 10.7 Å². The number of likely N-dealkylation sites (N-methyl/N-ethyl adjacent to an activating group) is 1. The largest absolute Gasteiger partial charge is 0.466 e. The number of carbonyl (C=O) groups is 3. The van der Waals surface area contributed by atoms with Crippen LogP contribution >= 0.6 is 11.8 Å². The number of aromatic nitrogens is 2. The average Bonchev–Trinajstić information content (AvgIpc) is 3.00. The van der Waals surface area contributed by atoms with Crippen molar-refractivity contribution in [1.82, 2.24) is 14.9 Å². The number of nitrogens with one attached hydrogen (secondary N) is 1. The molecule has 0 aromatic carbocycles. The fourth-order valence-corrected chi connectivity index (χ4v) is 2.39. The van der Waals surface area contributed by atoms with E-state index in [-0.39, 0.29) is 21.6 Å². The number of esters is 1. The Morgan fingerprint density at radius 2 is 2.29 bits per heavy atom. The standard InChI is InChI=1S/C11H11N5O4S/c1-16-10(19)5(3-6(17)20-2)21-11(16)15-9-7(8(12)18)13-4-14-9/h3-4H,1-2H3,(H2,12,18)(H,13,14)/b5-3+,15-11?. The van der Waals surface area contributed by atoms with Crippen LogP contribution in [0.3, 0.4) is 0 Å². The van der Waals surface area contributed by atoms with Crippen molar-refractivity contribution in [3.63, 3.8) is 0 Å². The first kappa shape index (κ1) is 14.8. The van der Waals surface area contributed by atoms with E-state index in [2.05, 4.69) is 19.7 Å². The van der Waals surface area contributed by atoms with Gasteiger partial charge < -0.3 is 15.5 Å². The zero-order valence-electron chi connectivity index (χ0n) is 11.1. The molecule has 0 aliphatic carbocycles. The molecule has 3 N–H and O–H groups in total. The maximum atomic E-state index is 11.9. The molecule has 1 aromatic rings. The van der Waals surface area contributed by atoms with Crippen LogP contribution in [0.15, 0.2) is 22.3 Å². The number of aromatic amines is 1. The molecule has 1 saturated heterocycles. The first-order valence-corrected chi connectivity index (χ1v) is 6.43. The Balaban J connectivity index is 2.33. The first-order chi connectivity index (χ1) is 9.93. The topological polar surface area (TPSA) is 131 Å². The summed E-state index contributed by atoms with van der Waals surface area (Å²) in [4.78, 5) is 46.2. The van der Waals surface area contributed by atoms with Crippen LogP contribution in [0, 0.1) is 0 Å². The number of methoxy groups -OCH3 is 1. The van der Waals surface area contributed by atoms with E-state index >= 15 is 0 Å². The summed E-state index contributed by atoms with van der Waals surface area (Å²) in [5.74, 6) is -1.68. The van der Waals surface area contributed by atoms with E-state index in [1.807, 2.05) is 0 Å². The van der Waals surface area contributed by atoms with Gasteiger partial charge in [0.2, 0.25) is 0 Å². The molecule has 1 aliphatic rings. The molecule has 1 aliphatic heterocycles. The number of ether oxygens (including phenoxy) is 1. The number of nitrogens with two attached hydrogens (primary N) is 1. The highest BCUT2D eigenvalue weighted by molar-refractivity contribution is 8.18. The maximum Gasteiger partial charge on any atom is 0.331 e. The molecule has 110 valence electrons. The van der Waals surface area contributed by atoms with E-state index in [0.717, 1.165) is 17.8 Å². The van der Waals surface area contributed by atoms with Crippen LogP contribution in [0.1, 0.15) is 10.5 Å². The number of imidazole rings is 1. The number of hydrogen-bond acceptors (Lipinski definition) is 7. The van der Waals surface area contributed by atoms with E-state index in [9.17, 15) is 14.4 Å². The van der Waals surface area contributed by atoms with Gasteiger partial charge in [-0.1, -0.05) is 0 Å². The lowest BCUT2D eigenvalue weighted by atomic mass is 10.4. The molecule has 1 fully saturated rings. The highest BCUT2D eigenvalue weighted by Crippen LogP contribution is 2.31. The number of amidine groups is 1. The van der Waals surface area contributed by atoms with Crippen LogP contribution in [-0.4, -0.2) is 52.0 Å². The predicted molar refractivity (Wildman–Crippen MR) is 74.7 cm³/mol. The number of thioether (sulfide) groups is 1. The number of rotatable bonds is 3. The van der Waals surface area contributed by atoms with Gasteiger partial charge in [-0.15, -0.1) is 0 Å². The molecule has 2 amide bonds. The van der Waals surface area contributed by atoms with Gasteiger partial charge in [0.25, 0.3) is 11.8 Å². The minimum absolute atomic E-state index is 0.0364. The van der Waals surface area contributed by atoms with Gasteiger partial charge in [0.15, 0.2) is 16.7 Å². The molecule has 0 spiro atoms. The van der Waals surface area contributed by atoms with Crippen LogP contribution < -0.4 is 5.73 Å². The summed E-state index contributed by atoms with van der Waals surface area (Å²) >= 11 is 0.970. The van der Waals surface area contributed by atoms with E-state index in [0.29, 0.717) is 0 Å². The van der Waals surface area contributed by atoms with Crippen molar-refractivity contribution in [3.8, 4) is 0 Å². The summed E-state index contributed by atoms with van der Waals surface area (Å²) in [6, 6.07) is 0. The Bertz CT molecular complexity index is 678. The van der Waals surface area contributed by atoms with Gasteiger partial charge >= 0.3 is 5.97 Å². The van der Waals surface area contributed by atoms with Crippen molar-refractivity contribution in [2.75, 3.05) is 14.2 Å². The summed E-state index contributed by atoms with van der Waals surface area (Å²) in [6.45, 7) is 0. The summed E-state index contributed by atoms with van der Waals surface area (Å²) in [5, 5.41) is 0.268. The van der Waals surface area contributed by atoms with E-state index < -0.39 is 17.8 Å². The quantitative estimate of drug-likeness (QED) is 0.585. The van der Waals surface area contributed by atoms with Gasteiger partial charge in [-0.25, -0.2) is 14.8 Å². The predicted octanol–water partition coefficient (Wildman–Crippen LogP) is -0.242. The highest BCUT2D eigenvalue weighted by atomic mass is 32.2. The fourth-order valence-electron chi connectivity index (χ4n) is 1.46. The molecule has 2 heterocycles. The van der Waals surface area contributed by atoms with Crippen LogP contribution in [0.2, 0.25) is 0 Å². The Morgan fingerprint density at radius 1 is 1.57 bits per heavy atom. The molecule has 1 aromatic heterocycles. The molecule has 0 unspecified atom stereocenters. The van der Waals surface area contributed by atoms with E-state index in [1.54, 1.807) is 0 Å². The van der Waals surface area contributed by atoms with Crippen molar-refractivity contribution in [3.05, 3.63) is 23.0 Å². The number of H-pyrrole nitrogens is 1. The smallest absolute Gasteiger partial charge is 0.331 e. The minimum atomic E-state index is -0.714. The SMILES string of the molecule is COC(=O)/C=C1/SC(=Nc2nc[nH]c2C(N)=O)N(C)C1=O.